The Morgan fingerprint density at radius 1 is 1.35 bits per heavy atom. The van der Waals surface area contributed by atoms with Crippen LogP contribution in [0, 0.1) is 24.1 Å². The van der Waals surface area contributed by atoms with Gasteiger partial charge in [-0.25, -0.2) is 9.37 Å². The van der Waals surface area contributed by atoms with Crippen LogP contribution >= 0.6 is 0 Å². The highest BCUT2D eigenvalue weighted by molar-refractivity contribution is 5.47. The van der Waals surface area contributed by atoms with E-state index in [0.717, 1.165) is 29.5 Å². The lowest BCUT2D eigenvalue weighted by Crippen LogP contribution is -2.09. The Kier molecular flexibility index (Phi) is 3.11. The number of pyridine rings is 1. The fourth-order valence-corrected chi connectivity index (χ4v) is 2.64. The molecule has 0 aliphatic heterocycles. The maximum absolute atomic E-state index is 13.2. The van der Waals surface area contributed by atoms with E-state index >= 15 is 0 Å². The molecule has 3 rings (SSSR count). The largest absolute Gasteiger partial charge is 0.363 e. The van der Waals surface area contributed by atoms with Gasteiger partial charge < -0.3 is 5.32 Å². The minimum Gasteiger partial charge on any atom is -0.363 e. The molecule has 1 N–H and O–H groups in total. The van der Waals surface area contributed by atoms with Crippen LogP contribution in [0.2, 0.25) is 0 Å². The zero-order chi connectivity index (χ0) is 14.1. The van der Waals surface area contributed by atoms with Gasteiger partial charge in [-0.3, -0.25) is 0 Å². The maximum Gasteiger partial charge on any atom is 0.145 e. The number of benzene rings is 1. The van der Waals surface area contributed by atoms with Crippen molar-refractivity contribution < 1.29 is 4.39 Å². The van der Waals surface area contributed by atoms with E-state index in [0.29, 0.717) is 11.5 Å². The van der Waals surface area contributed by atoms with Crippen LogP contribution in [-0.2, 0) is 6.42 Å². The third-order valence-corrected chi connectivity index (χ3v) is 3.71. The standard InChI is InChI=1S/C16H14FN3/c1-10-2-7-16(20-15(10)9-18)19-14-6-3-11-8-12(17)4-5-13(11)14/h2,4-5,7-8,14H,3,6H2,1H3,(H,19,20). The van der Waals surface area contributed by atoms with Gasteiger partial charge in [0.25, 0.3) is 0 Å². The molecule has 20 heavy (non-hydrogen) atoms. The van der Waals surface area contributed by atoms with Crippen molar-refractivity contribution in [1.82, 2.24) is 4.98 Å². The van der Waals surface area contributed by atoms with Crippen molar-refractivity contribution in [2.45, 2.75) is 25.8 Å². The fraction of sp³-hybridized carbons (Fsp3) is 0.250. The smallest absolute Gasteiger partial charge is 0.145 e. The van der Waals surface area contributed by atoms with Gasteiger partial charge in [0, 0.05) is 0 Å². The molecule has 0 fully saturated rings. The number of halogens is 1. The van der Waals surface area contributed by atoms with Crippen LogP contribution in [0.15, 0.2) is 30.3 Å². The lowest BCUT2D eigenvalue weighted by atomic mass is 10.1. The van der Waals surface area contributed by atoms with Gasteiger partial charge in [-0.2, -0.15) is 5.26 Å². The fourth-order valence-electron chi connectivity index (χ4n) is 2.64. The highest BCUT2D eigenvalue weighted by Gasteiger charge is 2.23. The Morgan fingerprint density at radius 3 is 3.00 bits per heavy atom. The molecule has 100 valence electrons. The van der Waals surface area contributed by atoms with E-state index in [1.165, 1.54) is 6.07 Å². The molecule has 2 aromatic rings. The number of aromatic nitrogens is 1. The van der Waals surface area contributed by atoms with E-state index < -0.39 is 0 Å². The van der Waals surface area contributed by atoms with Gasteiger partial charge in [0.15, 0.2) is 0 Å². The normalized spacial score (nSPS) is 16.6. The van der Waals surface area contributed by atoms with E-state index in [-0.39, 0.29) is 11.9 Å². The van der Waals surface area contributed by atoms with Crippen molar-refractivity contribution in [2.75, 3.05) is 5.32 Å². The van der Waals surface area contributed by atoms with Crippen LogP contribution in [0.25, 0.3) is 0 Å². The molecule has 0 spiro atoms. The molecule has 0 bridgehead atoms. The molecule has 1 aromatic carbocycles. The zero-order valence-corrected chi connectivity index (χ0v) is 11.2. The quantitative estimate of drug-likeness (QED) is 0.906. The van der Waals surface area contributed by atoms with Crippen LogP contribution in [-0.4, -0.2) is 4.98 Å². The maximum atomic E-state index is 13.2. The van der Waals surface area contributed by atoms with Gasteiger partial charge in [-0.1, -0.05) is 12.1 Å². The molecule has 1 aliphatic rings. The summed E-state index contributed by atoms with van der Waals surface area (Å²) < 4.78 is 13.2. The Morgan fingerprint density at radius 2 is 2.20 bits per heavy atom. The highest BCUT2D eigenvalue weighted by atomic mass is 19.1. The average molecular weight is 267 g/mol. The molecule has 1 aliphatic carbocycles. The van der Waals surface area contributed by atoms with Gasteiger partial charge in [0.1, 0.15) is 23.4 Å². The second kappa shape index (κ2) is 4.93. The van der Waals surface area contributed by atoms with Crippen LogP contribution in [0.5, 0.6) is 0 Å². The molecule has 0 saturated carbocycles. The summed E-state index contributed by atoms with van der Waals surface area (Å²) in [5.41, 5.74) is 3.47. The first-order valence-corrected chi connectivity index (χ1v) is 6.60. The zero-order valence-electron chi connectivity index (χ0n) is 11.2. The number of nitrogens with one attached hydrogen (secondary N) is 1. The molecule has 1 unspecified atom stereocenters. The first-order valence-electron chi connectivity index (χ1n) is 6.60. The van der Waals surface area contributed by atoms with Gasteiger partial charge >= 0.3 is 0 Å². The lowest BCUT2D eigenvalue weighted by Gasteiger charge is -2.15. The number of fused-ring (bicyclic) bond motifs is 1. The molecule has 0 radical (unpaired) electrons. The van der Waals surface area contributed by atoms with E-state index in [4.69, 9.17) is 5.26 Å². The van der Waals surface area contributed by atoms with Crippen LogP contribution in [0.3, 0.4) is 0 Å². The Labute approximate surface area is 117 Å². The van der Waals surface area contributed by atoms with Gasteiger partial charge in [-0.05, 0) is 54.7 Å². The minimum atomic E-state index is -0.190. The summed E-state index contributed by atoms with van der Waals surface area (Å²) >= 11 is 0. The van der Waals surface area contributed by atoms with Crippen molar-refractivity contribution in [3.8, 4) is 6.07 Å². The summed E-state index contributed by atoms with van der Waals surface area (Å²) in [6, 6.07) is 10.9. The predicted octanol–water partition coefficient (Wildman–Crippen LogP) is 3.50. The Balaban J connectivity index is 1.86. The molecule has 1 heterocycles. The monoisotopic (exact) mass is 267 g/mol. The van der Waals surface area contributed by atoms with Crippen molar-refractivity contribution in [3.63, 3.8) is 0 Å². The van der Waals surface area contributed by atoms with Crippen molar-refractivity contribution in [3.05, 3.63) is 58.5 Å². The van der Waals surface area contributed by atoms with E-state index in [1.54, 1.807) is 6.07 Å². The lowest BCUT2D eigenvalue weighted by molar-refractivity contribution is 0.626. The van der Waals surface area contributed by atoms with E-state index in [1.807, 2.05) is 25.1 Å². The first-order chi connectivity index (χ1) is 9.67. The third-order valence-electron chi connectivity index (χ3n) is 3.71. The van der Waals surface area contributed by atoms with Crippen molar-refractivity contribution >= 4 is 5.82 Å². The molecule has 0 amide bonds. The number of rotatable bonds is 2. The van der Waals surface area contributed by atoms with Crippen LogP contribution in [0.4, 0.5) is 10.2 Å². The summed E-state index contributed by atoms with van der Waals surface area (Å²) in [7, 11) is 0. The molecular weight excluding hydrogens is 253 g/mol. The number of hydrogen-bond acceptors (Lipinski definition) is 3. The summed E-state index contributed by atoms with van der Waals surface area (Å²) in [6.45, 7) is 1.86. The second-order valence-electron chi connectivity index (χ2n) is 5.05. The van der Waals surface area contributed by atoms with Gasteiger partial charge in [0.05, 0.1) is 6.04 Å². The number of nitrogens with zero attached hydrogens (tertiary/aromatic N) is 2. The molecule has 4 heteroatoms. The Hall–Kier alpha value is -2.41. The summed E-state index contributed by atoms with van der Waals surface area (Å²) in [5.74, 6) is 0.499. The molecule has 3 nitrogen and oxygen atoms in total. The van der Waals surface area contributed by atoms with Gasteiger partial charge in [0.2, 0.25) is 0 Å². The highest BCUT2D eigenvalue weighted by Crippen LogP contribution is 2.33. The number of nitriles is 1. The molecule has 0 saturated heterocycles. The number of hydrogen-bond donors (Lipinski definition) is 1. The van der Waals surface area contributed by atoms with Crippen LogP contribution < -0.4 is 5.32 Å². The van der Waals surface area contributed by atoms with E-state index in [2.05, 4.69) is 16.4 Å². The van der Waals surface area contributed by atoms with E-state index in [9.17, 15) is 4.39 Å². The van der Waals surface area contributed by atoms with Crippen molar-refractivity contribution in [1.29, 1.82) is 5.26 Å². The van der Waals surface area contributed by atoms with Crippen molar-refractivity contribution in [2.24, 2.45) is 0 Å². The predicted molar refractivity (Wildman–Crippen MR) is 74.8 cm³/mol. The first kappa shape index (κ1) is 12.6. The number of anilines is 1. The van der Waals surface area contributed by atoms with Crippen LogP contribution in [0.1, 0.15) is 34.8 Å². The minimum absolute atomic E-state index is 0.132. The summed E-state index contributed by atoms with van der Waals surface area (Å²) in [6.07, 6.45) is 1.78. The topological polar surface area (TPSA) is 48.7 Å². The third kappa shape index (κ3) is 2.23. The van der Waals surface area contributed by atoms with Gasteiger partial charge in [-0.15, -0.1) is 0 Å². The number of aryl methyl sites for hydroxylation is 2. The summed E-state index contributed by atoms with van der Waals surface area (Å²) in [5, 5.41) is 12.3. The average Bonchev–Trinajstić information content (AvgIpc) is 2.83. The molecule has 1 aromatic heterocycles. The summed E-state index contributed by atoms with van der Waals surface area (Å²) in [4.78, 5) is 4.30. The SMILES string of the molecule is Cc1ccc(NC2CCc3cc(F)ccc32)nc1C#N. The molecule has 1 atom stereocenters. The molecular formula is C16H14FN3. The second-order valence-corrected chi connectivity index (χ2v) is 5.05. The Bertz CT molecular complexity index is 703.